The monoisotopic (exact) mass is 287 g/mol. The van der Waals surface area contributed by atoms with Crippen molar-refractivity contribution in [3.8, 4) is 0 Å². The van der Waals surface area contributed by atoms with E-state index in [2.05, 4.69) is 15.7 Å². The zero-order valence-corrected chi connectivity index (χ0v) is 11.2. The standard InChI is InChI=1S/C13H13N5O3/c1-8-2-3-9(6-12(8)18(20)21)16-13(19)11-5-4-10(17-14)7-15-11/h2-7,17H,14H2,1H3,(H,16,19). The number of pyridine rings is 1. The predicted molar refractivity (Wildman–Crippen MR) is 77.8 cm³/mol. The largest absolute Gasteiger partial charge is 0.323 e. The molecule has 0 unspecified atom stereocenters. The second-order valence-corrected chi connectivity index (χ2v) is 4.29. The van der Waals surface area contributed by atoms with E-state index in [4.69, 9.17) is 5.84 Å². The van der Waals surface area contributed by atoms with Gasteiger partial charge in [-0.15, -0.1) is 0 Å². The Bertz CT molecular complexity index is 685. The molecule has 0 aliphatic carbocycles. The molecule has 0 spiro atoms. The van der Waals surface area contributed by atoms with Crippen LogP contribution in [-0.4, -0.2) is 15.8 Å². The number of rotatable bonds is 4. The average Bonchev–Trinajstić information content (AvgIpc) is 2.49. The molecule has 0 saturated carbocycles. The number of hydrazine groups is 1. The van der Waals surface area contributed by atoms with Crippen LogP contribution in [0.2, 0.25) is 0 Å². The topological polar surface area (TPSA) is 123 Å². The van der Waals surface area contributed by atoms with Crippen molar-refractivity contribution in [3.63, 3.8) is 0 Å². The Labute approximate surface area is 120 Å². The number of nitrogens with one attached hydrogen (secondary N) is 2. The number of benzene rings is 1. The number of nitro benzene ring substituents is 1. The van der Waals surface area contributed by atoms with Gasteiger partial charge in [0.05, 0.1) is 16.8 Å². The molecular formula is C13H13N5O3. The fourth-order valence-electron chi connectivity index (χ4n) is 1.69. The summed E-state index contributed by atoms with van der Waals surface area (Å²) in [4.78, 5) is 26.3. The summed E-state index contributed by atoms with van der Waals surface area (Å²) in [5, 5.41) is 13.4. The molecule has 0 saturated heterocycles. The molecule has 21 heavy (non-hydrogen) atoms. The summed E-state index contributed by atoms with van der Waals surface area (Å²) >= 11 is 0. The maximum Gasteiger partial charge on any atom is 0.274 e. The number of nitro groups is 1. The van der Waals surface area contributed by atoms with E-state index in [1.54, 1.807) is 25.1 Å². The number of aryl methyl sites for hydroxylation is 1. The summed E-state index contributed by atoms with van der Waals surface area (Å²) < 4.78 is 0. The number of hydrogen-bond donors (Lipinski definition) is 3. The van der Waals surface area contributed by atoms with E-state index in [0.717, 1.165) is 0 Å². The van der Waals surface area contributed by atoms with Crippen molar-refractivity contribution >= 4 is 23.0 Å². The van der Waals surface area contributed by atoms with E-state index >= 15 is 0 Å². The summed E-state index contributed by atoms with van der Waals surface area (Å²) in [5.41, 5.74) is 3.95. The van der Waals surface area contributed by atoms with Crippen LogP contribution in [0.4, 0.5) is 17.1 Å². The molecule has 1 aromatic carbocycles. The predicted octanol–water partition coefficient (Wildman–Crippen LogP) is 1.84. The molecular weight excluding hydrogens is 274 g/mol. The molecule has 1 heterocycles. The van der Waals surface area contributed by atoms with Gasteiger partial charge in [-0.2, -0.15) is 0 Å². The molecule has 1 amide bonds. The highest BCUT2D eigenvalue weighted by molar-refractivity contribution is 6.03. The van der Waals surface area contributed by atoms with Gasteiger partial charge in [-0.05, 0) is 25.1 Å². The zero-order valence-electron chi connectivity index (χ0n) is 11.2. The van der Waals surface area contributed by atoms with Crippen molar-refractivity contribution in [1.29, 1.82) is 0 Å². The quantitative estimate of drug-likeness (QED) is 0.448. The number of nitrogen functional groups attached to an aromatic ring is 1. The minimum absolute atomic E-state index is 0.0524. The smallest absolute Gasteiger partial charge is 0.274 e. The third kappa shape index (κ3) is 3.31. The number of nitrogens with zero attached hydrogens (tertiary/aromatic N) is 2. The van der Waals surface area contributed by atoms with Gasteiger partial charge in [0.1, 0.15) is 5.69 Å². The molecule has 2 aromatic rings. The summed E-state index contributed by atoms with van der Waals surface area (Å²) in [5.74, 6) is 4.74. The number of nitrogens with two attached hydrogens (primary N) is 1. The van der Waals surface area contributed by atoms with Crippen molar-refractivity contribution in [1.82, 2.24) is 4.98 Å². The normalized spacial score (nSPS) is 10.0. The molecule has 0 fully saturated rings. The Morgan fingerprint density at radius 2 is 2.00 bits per heavy atom. The van der Waals surface area contributed by atoms with E-state index in [0.29, 0.717) is 16.9 Å². The highest BCUT2D eigenvalue weighted by Crippen LogP contribution is 2.22. The Morgan fingerprint density at radius 3 is 2.57 bits per heavy atom. The van der Waals surface area contributed by atoms with Crippen molar-refractivity contribution < 1.29 is 9.72 Å². The third-order valence-corrected chi connectivity index (χ3v) is 2.83. The average molecular weight is 287 g/mol. The molecule has 0 radical (unpaired) electrons. The molecule has 0 aliphatic rings. The van der Waals surface area contributed by atoms with Crippen LogP contribution < -0.4 is 16.6 Å². The summed E-state index contributed by atoms with van der Waals surface area (Å²) in [6.07, 6.45) is 1.41. The van der Waals surface area contributed by atoms with Gasteiger partial charge in [-0.1, -0.05) is 6.07 Å². The van der Waals surface area contributed by atoms with Crippen LogP contribution in [0.5, 0.6) is 0 Å². The number of anilines is 2. The first-order valence-electron chi connectivity index (χ1n) is 6.00. The molecule has 2 rings (SSSR count). The van der Waals surface area contributed by atoms with E-state index in [-0.39, 0.29) is 11.4 Å². The van der Waals surface area contributed by atoms with Gasteiger partial charge < -0.3 is 10.7 Å². The van der Waals surface area contributed by atoms with E-state index in [1.807, 2.05) is 0 Å². The maximum atomic E-state index is 12.0. The van der Waals surface area contributed by atoms with Crippen molar-refractivity contribution in [3.05, 3.63) is 57.9 Å². The Balaban J connectivity index is 2.19. The lowest BCUT2D eigenvalue weighted by Crippen LogP contribution is -2.14. The summed E-state index contributed by atoms with van der Waals surface area (Å²) in [7, 11) is 0. The van der Waals surface area contributed by atoms with Gasteiger partial charge in [0.2, 0.25) is 0 Å². The fourth-order valence-corrected chi connectivity index (χ4v) is 1.69. The van der Waals surface area contributed by atoms with Crippen LogP contribution in [0, 0.1) is 17.0 Å². The van der Waals surface area contributed by atoms with Crippen LogP contribution >= 0.6 is 0 Å². The Kier molecular flexibility index (Phi) is 4.10. The third-order valence-electron chi connectivity index (χ3n) is 2.83. The van der Waals surface area contributed by atoms with Crippen LogP contribution in [0.3, 0.4) is 0 Å². The molecule has 0 aliphatic heterocycles. The van der Waals surface area contributed by atoms with Gasteiger partial charge >= 0.3 is 0 Å². The lowest BCUT2D eigenvalue weighted by atomic mass is 10.2. The van der Waals surface area contributed by atoms with E-state index in [1.165, 1.54) is 18.3 Å². The molecule has 1 aromatic heterocycles. The number of hydrogen-bond acceptors (Lipinski definition) is 6. The van der Waals surface area contributed by atoms with Gasteiger partial charge in [0.15, 0.2) is 0 Å². The van der Waals surface area contributed by atoms with Gasteiger partial charge in [-0.3, -0.25) is 20.8 Å². The summed E-state index contributed by atoms with van der Waals surface area (Å²) in [6.45, 7) is 1.63. The van der Waals surface area contributed by atoms with Crippen LogP contribution in [0.25, 0.3) is 0 Å². The SMILES string of the molecule is Cc1ccc(NC(=O)c2ccc(NN)cn2)cc1[N+](=O)[O-]. The van der Waals surface area contributed by atoms with Crippen molar-refractivity contribution in [2.24, 2.45) is 5.84 Å². The summed E-state index contributed by atoms with van der Waals surface area (Å²) in [6, 6.07) is 7.56. The highest BCUT2D eigenvalue weighted by Gasteiger charge is 2.13. The highest BCUT2D eigenvalue weighted by atomic mass is 16.6. The molecule has 8 heteroatoms. The molecule has 0 atom stereocenters. The lowest BCUT2D eigenvalue weighted by molar-refractivity contribution is -0.385. The second-order valence-electron chi connectivity index (χ2n) is 4.29. The minimum Gasteiger partial charge on any atom is -0.323 e. The number of carbonyl (C=O) groups is 1. The van der Waals surface area contributed by atoms with E-state index in [9.17, 15) is 14.9 Å². The first-order valence-corrected chi connectivity index (χ1v) is 6.00. The molecule has 108 valence electrons. The minimum atomic E-state index is -0.495. The second kappa shape index (κ2) is 5.97. The molecule has 4 N–H and O–H groups in total. The lowest BCUT2D eigenvalue weighted by Gasteiger charge is -2.06. The molecule has 0 bridgehead atoms. The first-order chi connectivity index (χ1) is 10.0. The van der Waals surface area contributed by atoms with Crippen molar-refractivity contribution in [2.45, 2.75) is 6.92 Å². The van der Waals surface area contributed by atoms with E-state index < -0.39 is 10.8 Å². The molecule has 8 nitrogen and oxygen atoms in total. The van der Waals surface area contributed by atoms with Crippen LogP contribution in [0.1, 0.15) is 16.1 Å². The first kappa shape index (κ1) is 14.4. The Morgan fingerprint density at radius 1 is 1.29 bits per heavy atom. The number of aromatic nitrogens is 1. The number of carbonyl (C=O) groups excluding carboxylic acids is 1. The number of amides is 1. The maximum absolute atomic E-state index is 12.0. The van der Waals surface area contributed by atoms with Gasteiger partial charge in [-0.25, -0.2) is 4.98 Å². The fraction of sp³-hybridized carbons (Fsp3) is 0.0769. The van der Waals surface area contributed by atoms with Crippen LogP contribution in [-0.2, 0) is 0 Å². The van der Waals surface area contributed by atoms with Crippen LogP contribution in [0.15, 0.2) is 36.5 Å². The zero-order chi connectivity index (χ0) is 15.4. The van der Waals surface area contributed by atoms with Gasteiger partial charge in [0.25, 0.3) is 11.6 Å². The Hall–Kier alpha value is -3.00. The van der Waals surface area contributed by atoms with Crippen molar-refractivity contribution in [2.75, 3.05) is 10.7 Å². The van der Waals surface area contributed by atoms with Gasteiger partial charge in [0, 0.05) is 17.3 Å².